The number of carboxylic acids is 2. The molecule has 4 rings (SSSR count). The molecule has 1 unspecified atom stereocenters. The second-order valence-electron chi connectivity index (χ2n) is 6.89. The number of nitrogens with one attached hydrogen (secondary N) is 1. The standard InChI is InChI=1S/C17H14ClN7O7S4/c18-11-7(22-16(19)36-11)8(24-32-1-6(26)27)12(28)21-9-13(29)25-10(15(30)31)5(2-33-14(9)25)3-34-17-23-20-4-35-17/h4,9,14H,1-3H2,(H2,19,22)(H,21,28)(H,26,27)(H,30,31)/b24-8-/t9?,14-/m0/s1. The van der Waals surface area contributed by atoms with Gasteiger partial charge in [0.05, 0.1) is 0 Å². The van der Waals surface area contributed by atoms with E-state index < -0.39 is 47.5 Å². The minimum absolute atomic E-state index is 0.00241. The predicted octanol–water partition coefficient (Wildman–Crippen LogP) is 0.566. The monoisotopic (exact) mass is 591 g/mol. The number of carbonyl (C=O) groups excluding carboxylic acids is 2. The van der Waals surface area contributed by atoms with Crippen LogP contribution in [0.25, 0.3) is 0 Å². The first-order chi connectivity index (χ1) is 17.2. The van der Waals surface area contributed by atoms with E-state index >= 15 is 0 Å². The van der Waals surface area contributed by atoms with Crippen LogP contribution in [-0.4, -0.2) is 89.3 Å². The molecule has 2 aromatic rings. The second-order valence-corrected chi connectivity index (χ2v) is 11.7. The number of nitrogen functional groups attached to an aromatic ring is 1. The van der Waals surface area contributed by atoms with Crippen LogP contribution in [0.5, 0.6) is 0 Å². The first kappa shape index (κ1) is 26.1. The zero-order chi connectivity index (χ0) is 26.0. The molecular formula is C17H14ClN7O7S4. The van der Waals surface area contributed by atoms with E-state index in [2.05, 4.69) is 30.5 Å². The van der Waals surface area contributed by atoms with Gasteiger partial charge in [-0.1, -0.05) is 51.2 Å². The maximum atomic E-state index is 13.0. The normalized spacial score (nSPS) is 19.5. The minimum atomic E-state index is -1.33. The molecule has 2 aliphatic rings. The molecule has 2 aromatic heterocycles. The van der Waals surface area contributed by atoms with Gasteiger partial charge in [0.25, 0.3) is 11.8 Å². The summed E-state index contributed by atoms with van der Waals surface area (Å²) < 4.78 is 0.667. The summed E-state index contributed by atoms with van der Waals surface area (Å²) in [5.74, 6) is -3.54. The van der Waals surface area contributed by atoms with Gasteiger partial charge >= 0.3 is 11.9 Å². The van der Waals surface area contributed by atoms with Crippen molar-refractivity contribution in [2.75, 3.05) is 23.8 Å². The Labute approximate surface area is 222 Å². The summed E-state index contributed by atoms with van der Waals surface area (Å²) in [6, 6.07) is -1.08. The van der Waals surface area contributed by atoms with Crippen molar-refractivity contribution < 1.29 is 34.2 Å². The lowest BCUT2D eigenvalue weighted by Gasteiger charge is -2.49. The van der Waals surface area contributed by atoms with Gasteiger partial charge in [0.15, 0.2) is 15.2 Å². The van der Waals surface area contributed by atoms with Gasteiger partial charge in [-0.2, -0.15) is 0 Å². The summed E-state index contributed by atoms with van der Waals surface area (Å²) in [5.41, 5.74) is 6.95. The smallest absolute Gasteiger partial charge is 0.352 e. The lowest BCUT2D eigenvalue weighted by Crippen LogP contribution is -2.71. The number of anilines is 1. The molecule has 1 fully saturated rings. The van der Waals surface area contributed by atoms with Crippen molar-refractivity contribution in [2.24, 2.45) is 5.16 Å². The number of hydrogen-bond donors (Lipinski definition) is 4. The molecule has 0 aromatic carbocycles. The number of carboxylic acid groups (broad SMARTS) is 2. The van der Waals surface area contributed by atoms with Crippen LogP contribution in [0.15, 0.2) is 26.3 Å². The fourth-order valence-electron chi connectivity index (χ4n) is 3.19. The molecule has 1 saturated heterocycles. The SMILES string of the molecule is Nc1nc(/C(=N/OCC(=O)O)C(=O)NC2C(=O)N3C(C(=O)O)=C(CSc4nncs4)CS[C@@H]23)c(Cl)s1. The number of nitrogens with zero attached hydrogens (tertiary/aromatic N) is 5. The number of aliphatic carboxylic acids is 2. The van der Waals surface area contributed by atoms with E-state index in [4.69, 9.17) is 22.4 Å². The number of oxime groups is 1. The van der Waals surface area contributed by atoms with Crippen molar-refractivity contribution in [3.63, 3.8) is 0 Å². The summed E-state index contributed by atoms with van der Waals surface area (Å²) in [6.45, 7) is -0.840. The highest BCUT2D eigenvalue weighted by atomic mass is 35.5. The molecular weight excluding hydrogens is 578 g/mol. The Morgan fingerprint density at radius 2 is 2.17 bits per heavy atom. The Morgan fingerprint density at radius 3 is 2.78 bits per heavy atom. The Balaban J connectivity index is 1.51. The Kier molecular flexibility index (Phi) is 7.98. The molecule has 190 valence electrons. The van der Waals surface area contributed by atoms with Crippen molar-refractivity contribution in [2.45, 2.75) is 15.8 Å². The Morgan fingerprint density at radius 1 is 1.39 bits per heavy atom. The third kappa shape index (κ3) is 5.41. The maximum absolute atomic E-state index is 13.0. The average molecular weight is 592 g/mol. The number of thioether (sulfide) groups is 2. The van der Waals surface area contributed by atoms with Gasteiger partial charge in [-0.05, 0) is 5.57 Å². The number of rotatable bonds is 10. The summed E-state index contributed by atoms with van der Waals surface area (Å²) in [4.78, 5) is 58.4. The Bertz CT molecular complexity index is 1280. The van der Waals surface area contributed by atoms with Crippen molar-refractivity contribution in [3.05, 3.63) is 26.8 Å². The van der Waals surface area contributed by atoms with Crippen LogP contribution in [0, 0.1) is 0 Å². The van der Waals surface area contributed by atoms with Crippen LogP contribution in [0.2, 0.25) is 4.34 Å². The van der Waals surface area contributed by atoms with E-state index in [1.165, 1.54) is 34.9 Å². The number of halogens is 1. The van der Waals surface area contributed by atoms with E-state index in [9.17, 15) is 24.3 Å². The van der Waals surface area contributed by atoms with Gasteiger partial charge in [-0.25, -0.2) is 14.6 Å². The lowest BCUT2D eigenvalue weighted by molar-refractivity contribution is -0.150. The number of amides is 2. The van der Waals surface area contributed by atoms with Gasteiger partial charge in [0.2, 0.25) is 6.61 Å². The third-order valence-electron chi connectivity index (χ3n) is 4.63. The van der Waals surface area contributed by atoms with E-state index in [0.29, 0.717) is 21.4 Å². The number of hydrogen-bond acceptors (Lipinski definition) is 14. The molecule has 36 heavy (non-hydrogen) atoms. The summed E-state index contributed by atoms with van der Waals surface area (Å²) in [5, 5.41) is 31.6. The number of nitrogens with two attached hydrogens (primary N) is 1. The van der Waals surface area contributed by atoms with Gasteiger partial charge in [-0.15, -0.1) is 22.0 Å². The fraction of sp³-hybridized carbons (Fsp3) is 0.294. The van der Waals surface area contributed by atoms with E-state index in [1.54, 1.807) is 5.51 Å². The van der Waals surface area contributed by atoms with Crippen molar-refractivity contribution in [1.82, 2.24) is 25.4 Å². The number of fused-ring (bicyclic) bond motifs is 1. The Hall–Kier alpha value is -2.93. The van der Waals surface area contributed by atoms with E-state index in [1.807, 2.05) is 0 Å². The first-order valence-corrected chi connectivity index (χ1v) is 13.7. The van der Waals surface area contributed by atoms with E-state index in [0.717, 1.165) is 16.2 Å². The highest BCUT2D eigenvalue weighted by molar-refractivity contribution is 8.01. The van der Waals surface area contributed by atoms with Crippen LogP contribution < -0.4 is 11.1 Å². The fourth-order valence-corrected chi connectivity index (χ4v) is 7.09. The maximum Gasteiger partial charge on any atom is 0.352 e. The van der Waals surface area contributed by atoms with Crippen molar-refractivity contribution in [3.8, 4) is 0 Å². The quantitative estimate of drug-likeness (QED) is 0.129. The molecule has 0 aliphatic carbocycles. The van der Waals surface area contributed by atoms with Crippen LogP contribution in [0.3, 0.4) is 0 Å². The second kappa shape index (κ2) is 11.0. The third-order valence-corrected chi connectivity index (χ3v) is 9.00. The summed E-state index contributed by atoms with van der Waals surface area (Å²) in [6.07, 6.45) is 0. The molecule has 0 saturated carbocycles. The van der Waals surface area contributed by atoms with Gasteiger partial charge < -0.3 is 26.1 Å². The number of carbonyl (C=O) groups is 4. The van der Waals surface area contributed by atoms with Crippen LogP contribution >= 0.6 is 57.8 Å². The molecule has 2 aliphatic heterocycles. The molecule has 0 radical (unpaired) electrons. The summed E-state index contributed by atoms with van der Waals surface area (Å²) >= 11 is 10.8. The van der Waals surface area contributed by atoms with Gasteiger partial charge in [0.1, 0.15) is 32.7 Å². The molecule has 0 spiro atoms. The van der Waals surface area contributed by atoms with Crippen molar-refractivity contribution in [1.29, 1.82) is 0 Å². The molecule has 2 amide bonds. The minimum Gasteiger partial charge on any atom is -0.479 e. The molecule has 2 atom stereocenters. The number of β-lactam (4-membered cyclic amide) rings is 1. The average Bonchev–Trinajstić information content (AvgIpc) is 3.46. The molecule has 4 heterocycles. The van der Waals surface area contributed by atoms with Gasteiger partial charge in [0, 0.05) is 11.5 Å². The highest BCUT2D eigenvalue weighted by Crippen LogP contribution is 2.41. The number of aromatic nitrogens is 3. The van der Waals surface area contributed by atoms with E-state index in [-0.39, 0.29) is 20.9 Å². The van der Waals surface area contributed by atoms with Crippen molar-refractivity contribution >= 4 is 92.4 Å². The van der Waals surface area contributed by atoms with Crippen LogP contribution in [-0.2, 0) is 24.0 Å². The molecule has 5 N–H and O–H groups in total. The molecule has 0 bridgehead atoms. The highest BCUT2D eigenvalue weighted by Gasteiger charge is 2.54. The predicted molar refractivity (Wildman–Crippen MR) is 132 cm³/mol. The zero-order valence-corrected chi connectivity index (χ0v) is 21.6. The lowest BCUT2D eigenvalue weighted by atomic mass is 10.0. The molecule has 19 heteroatoms. The van der Waals surface area contributed by atoms with Crippen LogP contribution in [0.1, 0.15) is 5.69 Å². The first-order valence-electron chi connectivity index (χ1n) is 9.61. The van der Waals surface area contributed by atoms with Gasteiger partial charge in [-0.3, -0.25) is 14.5 Å². The zero-order valence-electron chi connectivity index (χ0n) is 17.6. The summed E-state index contributed by atoms with van der Waals surface area (Å²) in [7, 11) is 0. The van der Waals surface area contributed by atoms with Crippen LogP contribution in [0.4, 0.5) is 5.13 Å². The largest absolute Gasteiger partial charge is 0.479 e. The number of thiazole rings is 1. The topological polar surface area (TPSA) is 210 Å². The molecule has 14 nitrogen and oxygen atoms in total.